The van der Waals surface area contributed by atoms with Crippen LogP contribution in [0.15, 0.2) is 48.3 Å². The molecule has 4 rings (SSSR count). The monoisotopic (exact) mass is 464 g/mol. The van der Waals surface area contributed by atoms with Crippen LogP contribution in [0.5, 0.6) is 11.5 Å². The van der Waals surface area contributed by atoms with Gasteiger partial charge in [0, 0.05) is 10.8 Å². The average Bonchev–Trinajstić information content (AvgIpc) is 3.18. The Morgan fingerprint density at radius 3 is 2.38 bits per heavy atom. The molecule has 170 valence electrons. The number of hydrogen-bond acceptors (Lipinski definition) is 3. The first-order valence-electron chi connectivity index (χ1n) is 10.8. The first-order valence-corrected chi connectivity index (χ1v) is 11.6. The molecule has 0 bridgehead atoms. The zero-order chi connectivity index (χ0) is 22.7. The third-order valence-electron chi connectivity index (χ3n) is 5.89. The van der Waals surface area contributed by atoms with Crippen molar-refractivity contribution in [1.82, 2.24) is 0 Å². The second-order valence-electron chi connectivity index (χ2n) is 8.07. The van der Waals surface area contributed by atoms with Crippen molar-refractivity contribution in [3.8, 4) is 11.5 Å². The van der Waals surface area contributed by atoms with Gasteiger partial charge in [-0.2, -0.15) is 8.78 Å². The summed E-state index contributed by atoms with van der Waals surface area (Å²) >= 11 is 0.914. The molecule has 7 heteroatoms. The highest BCUT2D eigenvalue weighted by Gasteiger charge is 2.19. The van der Waals surface area contributed by atoms with Gasteiger partial charge in [0.25, 0.3) is 0 Å². The molecule has 0 amide bonds. The van der Waals surface area contributed by atoms with Crippen molar-refractivity contribution < 1.29 is 27.0 Å². The van der Waals surface area contributed by atoms with E-state index in [1.807, 2.05) is 0 Å². The minimum absolute atomic E-state index is 0.123. The minimum atomic E-state index is -2.07. The summed E-state index contributed by atoms with van der Waals surface area (Å²) in [6.07, 6.45) is 7.17. The summed E-state index contributed by atoms with van der Waals surface area (Å²) in [5, 5.41) is 1.04. The summed E-state index contributed by atoms with van der Waals surface area (Å²) in [5.41, 5.74) is 1.18. The molecule has 0 radical (unpaired) electrons. The number of allylic oxidation sites excluding steroid dienone is 1. The topological polar surface area (TPSA) is 18.5 Å². The summed E-state index contributed by atoms with van der Waals surface area (Å²) in [7, 11) is 0. The summed E-state index contributed by atoms with van der Waals surface area (Å²) in [6.45, 7) is 2.54. The highest BCUT2D eigenvalue weighted by atomic mass is 32.1. The number of halogens is 4. The van der Waals surface area contributed by atoms with Gasteiger partial charge in [0.2, 0.25) is 0 Å². The van der Waals surface area contributed by atoms with Crippen LogP contribution in [0, 0.1) is 17.6 Å². The molecule has 0 N–H and O–H groups in total. The lowest BCUT2D eigenvalue weighted by molar-refractivity contribution is 0.317. The van der Waals surface area contributed by atoms with Gasteiger partial charge in [-0.25, -0.2) is 8.78 Å². The van der Waals surface area contributed by atoms with Crippen molar-refractivity contribution in [1.29, 1.82) is 0 Å². The fraction of sp³-hybridized carbons (Fsp3) is 0.360. The quantitative estimate of drug-likeness (QED) is 0.188. The van der Waals surface area contributed by atoms with Crippen LogP contribution in [0.25, 0.3) is 20.2 Å². The van der Waals surface area contributed by atoms with E-state index in [4.69, 9.17) is 4.74 Å². The van der Waals surface area contributed by atoms with Crippen LogP contribution in [0.2, 0.25) is 0 Å². The van der Waals surface area contributed by atoms with E-state index in [1.165, 1.54) is 30.9 Å². The first kappa shape index (κ1) is 22.6. The van der Waals surface area contributed by atoms with Gasteiger partial charge >= 0.3 is 6.08 Å². The van der Waals surface area contributed by atoms with Gasteiger partial charge < -0.3 is 9.47 Å². The molecule has 0 fully saturated rings. The molecule has 3 aromatic rings. The Hall–Kier alpha value is -2.54. The Kier molecular flexibility index (Phi) is 7.04. The molecule has 2 nitrogen and oxygen atoms in total. The third kappa shape index (κ3) is 4.77. The predicted molar refractivity (Wildman–Crippen MR) is 121 cm³/mol. The van der Waals surface area contributed by atoms with Crippen LogP contribution >= 0.6 is 11.3 Å². The van der Waals surface area contributed by atoms with Gasteiger partial charge in [0.05, 0.1) is 9.40 Å². The number of fused-ring (bicyclic) bond motifs is 3. The summed E-state index contributed by atoms with van der Waals surface area (Å²) < 4.78 is 65.3. The third-order valence-corrected chi connectivity index (χ3v) is 7.09. The van der Waals surface area contributed by atoms with Crippen molar-refractivity contribution in [3.63, 3.8) is 0 Å². The number of unbranched alkanes of at least 4 members (excludes halogenated alkanes) is 1. The number of thiophene rings is 1. The molecule has 2 aromatic carbocycles. The molecule has 0 saturated carbocycles. The van der Waals surface area contributed by atoms with E-state index in [9.17, 15) is 13.2 Å². The fourth-order valence-electron chi connectivity index (χ4n) is 4.11. The van der Waals surface area contributed by atoms with Gasteiger partial charge in [-0.1, -0.05) is 32.3 Å². The predicted octanol–water partition coefficient (Wildman–Crippen LogP) is 8.74. The SMILES string of the molecule is CCCCC1CC=C(COc2ccc3c(sc4c(F)c(OC=C(F)F)ccc43)c2F)CC1. The van der Waals surface area contributed by atoms with Gasteiger partial charge in [-0.3, -0.25) is 0 Å². The maximum absolute atomic E-state index is 15.2. The van der Waals surface area contributed by atoms with E-state index in [1.54, 1.807) is 18.2 Å². The fourth-order valence-corrected chi connectivity index (χ4v) is 5.27. The van der Waals surface area contributed by atoms with E-state index in [-0.39, 0.29) is 27.2 Å². The molecule has 1 aliphatic rings. The molecule has 1 aliphatic carbocycles. The molecule has 32 heavy (non-hydrogen) atoms. The standard InChI is InChI=1S/C25H24F4O2S/c1-2-3-4-15-5-7-16(8-6-15)13-30-19-11-9-17-18-10-12-20(31-14-21(26)27)23(29)25(18)32-24(17)22(19)28/h7,9-12,14-15H,2-6,8,13H2,1H3. The van der Waals surface area contributed by atoms with E-state index in [0.717, 1.165) is 36.5 Å². The van der Waals surface area contributed by atoms with E-state index in [0.29, 0.717) is 17.4 Å². The van der Waals surface area contributed by atoms with Gasteiger partial charge in [0.1, 0.15) is 6.61 Å². The number of ether oxygens (including phenoxy) is 2. The molecule has 0 aliphatic heterocycles. The van der Waals surface area contributed by atoms with Crippen molar-refractivity contribution >= 4 is 31.5 Å². The van der Waals surface area contributed by atoms with Crippen LogP contribution < -0.4 is 9.47 Å². The largest absolute Gasteiger partial charge is 0.486 e. The van der Waals surface area contributed by atoms with Crippen LogP contribution in [0.1, 0.15) is 45.4 Å². The molecule has 1 heterocycles. The Balaban J connectivity index is 1.53. The molecule has 1 atom stereocenters. The first-order chi connectivity index (χ1) is 15.5. The van der Waals surface area contributed by atoms with E-state index in [2.05, 4.69) is 17.7 Å². The summed E-state index contributed by atoms with van der Waals surface area (Å²) in [6, 6.07) is 6.05. The lowest BCUT2D eigenvalue weighted by Gasteiger charge is -2.22. The van der Waals surface area contributed by atoms with Crippen molar-refractivity contribution in [2.75, 3.05) is 6.61 Å². The molecule has 1 aromatic heterocycles. The highest BCUT2D eigenvalue weighted by Crippen LogP contribution is 2.42. The zero-order valence-corrected chi connectivity index (χ0v) is 18.5. The van der Waals surface area contributed by atoms with Crippen molar-refractivity contribution in [2.24, 2.45) is 5.92 Å². The van der Waals surface area contributed by atoms with E-state index >= 15 is 4.39 Å². The second-order valence-corrected chi connectivity index (χ2v) is 9.09. The second kappa shape index (κ2) is 9.94. The Labute approximate surface area is 188 Å². The summed E-state index contributed by atoms with van der Waals surface area (Å²) in [4.78, 5) is 0. The normalized spacial score (nSPS) is 16.3. The molecular weight excluding hydrogens is 440 g/mol. The van der Waals surface area contributed by atoms with Crippen molar-refractivity contribution in [2.45, 2.75) is 45.4 Å². The lowest BCUT2D eigenvalue weighted by atomic mass is 9.86. The van der Waals surface area contributed by atoms with E-state index < -0.39 is 17.7 Å². The van der Waals surface area contributed by atoms with Gasteiger partial charge in [-0.05, 0) is 55.0 Å². The van der Waals surface area contributed by atoms with Crippen LogP contribution in [-0.4, -0.2) is 6.61 Å². The molecule has 0 spiro atoms. The number of rotatable bonds is 8. The maximum Gasteiger partial charge on any atom is 0.305 e. The Morgan fingerprint density at radius 1 is 1.06 bits per heavy atom. The minimum Gasteiger partial charge on any atom is -0.486 e. The van der Waals surface area contributed by atoms with Gasteiger partial charge in [0.15, 0.2) is 29.4 Å². The van der Waals surface area contributed by atoms with Crippen LogP contribution in [-0.2, 0) is 0 Å². The number of benzene rings is 2. The Morgan fingerprint density at radius 2 is 1.75 bits per heavy atom. The molecule has 1 unspecified atom stereocenters. The highest BCUT2D eigenvalue weighted by molar-refractivity contribution is 7.25. The molecular formula is C25H24F4O2S. The summed E-state index contributed by atoms with van der Waals surface area (Å²) in [5.74, 6) is -0.830. The average molecular weight is 465 g/mol. The van der Waals surface area contributed by atoms with Crippen molar-refractivity contribution in [3.05, 3.63) is 59.9 Å². The Bertz CT molecular complexity index is 1180. The maximum atomic E-state index is 15.2. The van der Waals surface area contributed by atoms with Gasteiger partial charge in [-0.15, -0.1) is 11.3 Å². The van der Waals surface area contributed by atoms with Crippen LogP contribution in [0.4, 0.5) is 17.6 Å². The molecule has 0 saturated heterocycles. The zero-order valence-electron chi connectivity index (χ0n) is 17.7. The van der Waals surface area contributed by atoms with Crippen LogP contribution in [0.3, 0.4) is 0 Å². The number of hydrogen-bond donors (Lipinski definition) is 0. The lowest BCUT2D eigenvalue weighted by Crippen LogP contribution is -2.10. The smallest absolute Gasteiger partial charge is 0.305 e.